The number of nitrogens with two attached hydrogens (primary N) is 1. The Hall–Kier alpha value is -2.71. The number of ether oxygens (including phenoxy) is 2. The molecule has 2 heterocycles. The zero-order chi connectivity index (χ0) is 17.2. The molecule has 0 unspecified atom stereocenters. The van der Waals surface area contributed by atoms with Crippen LogP contribution in [0.25, 0.3) is 11.1 Å². The second-order valence-corrected chi connectivity index (χ2v) is 6.49. The highest BCUT2D eigenvalue weighted by molar-refractivity contribution is 5.79. The molecular formula is C20H21N3O2. The third kappa shape index (κ3) is 3.01. The maximum absolute atomic E-state index is 9.82. The second-order valence-electron chi connectivity index (χ2n) is 6.49. The second kappa shape index (κ2) is 6.66. The van der Waals surface area contributed by atoms with Crippen LogP contribution in [0.2, 0.25) is 0 Å². The van der Waals surface area contributed by atoms with Gasteiger partial charge in [0.2, 0.25) is 0 Å². The molecule has 0 radical (unpaired) electrons. The van der Waals surface area contributed by atoms with Gasteiger partial charge in [-0.15, -0.1) is 0 Å². The lowest BCUT2D eigenvalue weighted by atomic mass is 9.96. The molecule has 2 aliphatic heterocycles. The molecule has 2 aliphatic rings. The minimum absolute atomic E-state index is 0.266. The fourth-order valence-electron chi connectivity index (χ4n) is 3.51. The highest BCUT2D eigenvalue weighted by atomic mass is 16.6. The van der Waals surface area contributed by atoms with E-state index >= 15 is 0 Å². The topological polar surface area (TPSA) is 71.5 Å². The van der Waals surface area contributed by atoms with Crippen molar-refractivity contribution in [2.45, 2.75) is 18.9 Å². The van der Waals surface area contributed by atoms with Crippen molar-refractivity contribution in [3.63, 3.8) is 0 Å². The zero-order valence-corrected chi connectivity index (χ0v) is 14.1. The number of rotatable bonds is 2. The largest absolute Gasteiger partial charge is 0.486 e. The van der Waals surface area contributed by atoms with Crippen LogP contribution in [0.1, 0.15) is 18.4 Å². The first kappa shape index (κ1) is 15.8. The number of fused-ring (bicyclic) bond motifs is 1. The third-order valence-corrected chi connectivity index (χ3v) is 4.89. The molecule has 2 aromatic rings. The summed E-state index contributed by atoms with van der Waals surface area (Å²) in [6, 6.07) is 14.6. The van der Waals surface area contributed by atoms with Gasteiger partial charge in [-0.1, -0.05) is 18.2 Å². The summed E-state index contributed by atoms with van der Waals surface area (Å²) in [5.74, 6) is 1.50. The molecule has 1 fully saturated rings. The summed E-state index contributed by atoms with van der Waals surface area (Å²) >= 11 is 0. The number of piperidine rings is 1. The summed E-state index contributed by atoms with van der Waals surface area (Å²) in [6.45, 7) is 2.90. The molecule has 0 aliphatic carbocycles. The van der Waals surface area contributed by atoms with Gasteiger partial charge in [-0.05, 0) is 36.6 Å². The van der Waals surface area contributed by atoms with Crippen LogP contribution in [-0.4, -0.2) is 32.3 Å². The Morgan fingerprint density at radius 1 is 1.04 bits per heavy atom. The van der Waals surface area contributed by atoms with Gasteiger partial charge in [0.25, 0.3) is 0 Å². The van der Waals surface area contributed by atoms with E-state index in [2.05, 4.69) is 11.0 Å². The quantitative estimate of drug-likeness (QED) is 0.913. The van der Waals surface area contributed by atoms with E-state index in [0.29, 0.717) is 18.8 Å². The minimum atomic E-state index is 0.266. The van der Waals surface area contributed by atoms with Crippen LogP contribution < -0.4 is 20.1 Å². The summed E-state index contributed by atoms with van der Waals surface area (Å²) in [5.41, 5.74) is 9.60. The summed E-state index contributed by atoms with van der Waals surface area (Å²) in [7, 11) is 0. The molecule has 0 amide bonds. The average Bonchev–Trinajstić information content (AvgIpc) is 2.67. The lowest BCUT2D eigenvalue weighted by Crippen LogP contribution is -2.40. The molecule has 5 nitrogen and oxygen atoms in total. The van der Waals surface area contributed by atoms with E-state index < -0.39 is 0 Å². The molecule has 1 saturated heterocycles. The first-order valence-corrected chi connectivity index (χ1v) is 8.70. The molecule has 0 aromatic heterocycles. The maximum atomic E-state index is 9.82. The van der Waals surface area contributed by atoms with E-state index in [-0.39, 0.29) is 6.04 Å². The number of nitriles is 1. The van der Waals surface area contributed by atoms with Gasteiger partial charge >= 0.3 is 0 Å². The molecule has 5 heteroatoms. The van der Waals surface area contributed by atoms with E-state index in [1.54, 1.807) is 0 Å². The van der Waals surface area contributed by atoms with Crippen molar-refractivity contribution >= 4 is 5.69 Å². The van der Waals surface area contributed by atoms with Crippen LogP contribution in [0.15, 0.2) is 36.4 Å². The van der Waals surface area contributed by atoms with Gasteiger partial charge < -0.3 is 20.1 Å². The Balaban J connectivity index is 1.73. The normalized spacial score (nSPS) is 17.2. The van der Waals surface area contributed by atoms with E-state index in [0.717, 1.165) is 54.2 Å². The van der Waals surface area contributed by atoms with Gasteiger partial charge in [0.1, 0.15) is 19.3 Å². The predicted octanol–water partition coefficient (Wildman–Crippen LogP) is 2.92. The minimum Gasteiger partial charge on any atom is -0.486 e. The van der Waals surface area contributed by atoms with Crippen LogP contribution in [0.3, 0.4) is 0 Å². The van der Waals surface area contributed by atoms with Gasteiger partial charge in [0, 0.05) is 24.7 Å². The van der Waals surface area contributed by atoms with E-state index in [4.69, 9.17) is 15.2 Å². The lowest BCUT2D eigenvalue weighted by Gasteiger charge is -2.33. The van der Waals surface area contributed by atoms with Crippen LogP contribution in [0.4, 0.5) is 5.69 Å². The molecule has 0 spiro atoms. The SMILES string of the molecule is N#Cc1c(-c2ccc3c(c2)OCCO3)cccc1N1CCC(N)CC1. The number of anilines is 1. The van der Waals surface area contributed by atoms with Gasteiger partial charge in [0.05, 0.1) is 11.3 Å². The highest BCUT2D eigenvalue weighted by Crippen LogP contribution is 2.37. The van der Waals surface area contributed by atoms with Crippen molar-refractivity contribution in [1.82, 2.24) is 0 Å². The fourth-order valence-corrected chi connectivity index (χ4v) is 3.51. The standard InChI is InChI=1S/C20H21N3O2/c21-13-17-16(14-4-5-19-20(12-14)25-11-10-24-19)2-1-3-18(17)23-8-6-15(22)7-9-23/h1-5,12,15H,6-11,22H2. The van der Waals surface area contributed by atoms with Crippen LogP contribution >= 0.6 is 0 Å². The summed E-state index contributed by atoms with van der Waals surface area (Å²) in [5, 5.41) is 9.82. The van der Waals surface area contributed by atoms with Crippen molar-refractivity contribution in [1.29, 1.82) is 5.26 Å². The summed E-state index contributed by atoms with van der Waals surface area (Å²) in [6.07, 6.45) is 1.91. The molecule has 2 N–H and O–H groups in total. The van der Waals surface area contributed by atoms with E-state index in [9.17, 15) is 5.26 Å². The number of hydrogen-bond acceptors (Lipinski definition) is 5. The molecule has 0 bridgehead atoms. The smallest absolute Gasteiger partial charge is 0.161 e. The molecule has 4 rings (SSSR count). The van der Waals surface area contributed by atoms with Crippen molar-refractivity contribution in [2.75, 3.05) is 31.2 Å². The predicted molar refractivity (Wildman–Crippen MR) is 97.0 cm³/mol. The van der Waals surface area contributed by atoms with Crippen LogP contribution in [0, 0.1) is 11.3 Å². The molecule has 0 atom stereocenters. The highest BCUT2D eigenvalue weighted by Gasteiger charge is 2.21. The Morgan fingerprint density at radius 2 is 1.80 bits per heavy atom. The fraction of sp³-hybridized carbons (Fsp3) is 0.350. The molecule has 25 heavy (non-hydrogen) atoms. The van der Waals surface area contributed by atoms with Gasteiger partial charge in [0.15, 0.2) is 11.5 Å². The molecular weight excluding hydrogens is 314 g/mol. The third-order valence-electron chi connectivity index (χ3n) is 4.89. The van der Waals surface area contributed by atoms with Crippen LogP contribution in [0.5, 0.6) is 11.5 Å². The van der Waals surface area contributed by atoms with Gasteiger partial charge in [-0.25, -0.2) is 0 Å². The summed E-state index contributed by atoms with van der Waals surface area (Å²) in [4.78, 5) is 2.27. The van der Waals surface area contributed by atoms with Crippen molar-refractivity contribution in [2.24, 2.45) is 5.73 Å². The van der Waals surface area contributed by atoms with Gasteiger partial charge in [-0.3, -0.25) is 0 Å². The molecule has 0 saturated carbocycles. The van der Waals surface area contributed by atoms with E-state index in [1.165, 1.54) is 0 Å². The average molecular weight is 335 g/mol. The number of benzene rings is 2. The Morgan fingerprint density at radius 3 is 2.56 bits per heavy atom. The zero-order valence-electron chi connectivity index (χ0n) is 14.1. The lowest BCUT2D eigenvalue weighted by molar-refractivity contribution is 0.171. The molecule has 2 aromatic carbocycles. The first-order chi connectivity index (χ1) is 12.3. The van der Waals surface area contributed by atoms with Crippen LogP contribution in [-0.2, 0) is 0 Å². The Labute approximate surface area is 147 Å². The van der Waals surface area contributed by atoms with Crippen molar-refractivity contribution < 1.29 is 9.47 Å². The van der Waals surface area contributed by atoms with Crippen molar-refractivity contribution in [3.05, 3.63) is 42.0 Å². The summed E-state index contributed by atoms with van der Waals surface area (Å²) < 4.78 is 11.3. The number of nitrogens with zero attached hydrogens (tertiary/aromatic N) is 2. The first-order valence-electron chi connectivity index (χ1n) is 8.70. The van der Waals surface area contributed by atoms with Gasteiger partial charge in [-0.2, -0.15) is 5.26 Å². The van der Waals surface area contributed by atoms with Crippen molar-refractivity contribution in [3.8, 4) is 28.7 Å². The Bertz CT molecular complexity index is 820. The maximum Gasteiger partial charge on any atom is 0.161 e. The monoisotopic (exact) mass is 335 g/mol. The Kier molecular flexibility index (Phi) is 4.21. The molecule has 128 valence electrons. The van der Waals surface area contributed by atoms with E-state index in [1.807, 2.05) is 36.4 Å². The number of hydrogen-bond donors (Lipinski definition) is 1.